The number of rotatable bonds is 9. The second-order valence-electron chi connectivity index (χ2n) is 6.55. The smallest absolute Gasteiger partial charge is 0.339 e. The molecule has 1 saturated heterocycles. The van der Waals surface area contributed by atoms with Crippen LogP contribution in [0.4, 0.5) is 0 Å². The Hall–Kier alpha value is -2.33. The molecule has 1 aliphatic heterocycles. The molecule has 3 rings (SSSR count). The topological polar surface area (TPSA) is 91.4 Å². The normalized spacial score (nSPS) is 14.8. The van der Waals surface area contributed by atoms with Gasteiger partial charge in [-0.05, 0) is 49.4 Å². The van der Waals surface area contributed by atoms with Gasteiger partial charge in [-0.2, -0.15) is 4.31 Å². The number of sulfonamides is 1. The maximum atomic E-state index is 12.8. The molecule has 0 aliphatic carbocycles. The predicted octanol–water partition coefficient (Wildman–Crippen LogP) is 3.00. The van der Waals surface area contributed by atoms with E-state index in [2.05, 4.69) is 0 Å². The first-order chi connectivity index (χ1) is 14.9. The molecule has 0 bridgehead atoms. The number of hydrogen-bond donors (Lipinski definition) is 0. The maximum absolute atomic E-state index is 12.8. The SMILES string of the molecule is CCOc1ccc(OCCOC(=O)c2cc(S(=O)(=O)N3CCOCC3)ccc2Cl)cc1. The van der Waals surface area contributed by atoms with Crippen molar-refractivity contribution in [1.82, 2.24) is 4.31 Å². The van der Waals surface area contributed by atoms with Crippen LogP contribution in [0.1, 0.15) is 17.3 Å². The molecule has 0 N–H and O–H groups in total. The lowest BCUT2D eigenvalue weighted by molar-refractivity contribution is 0.0450. The Morgan fingerprint density at radius 2 is 1.68 bits per heavy atom. The second kappa shape index (κ2) is 10.8. The number of halogens is 1. The third-order valence-electron chi connectivity index (χ3n) is 4.49. The van der Waals surface area contributed by atoms with Crippen LogP contribution < -0.4 is 9.47 Å². The van der Waals surface area contributed by atoms with Crippen LogP contribution in [0.15, 0.2) is 47.4 Å². The van der Waals surface area contributed by atoms with E-state index >= 15 is 0 Å². The van der Waals surface area contributed by atoms with Crippen LogP contribution >= 0.6 is 11.6 Å². The summed E-state index contributed by atoms with van der Waals surface area (Å²) in [5, 5.41) is 0.110. The Morgan fingerprint density at radius 3 is 2.32 bits per heavy atom. The van der Waals surface area contributed by atoms with Gasteiger partial charge in [0.2, 0.25) is 10.0 Å². The molecule has 0 spiro atoms. The van der Waals surface area contributed by atoms with Gasteiger partial charge in [-0.25, -0.2) is 13.2 Å². The molecule has 0 aromatic heterocycles. The molecular weight excluding hydrogens is 446 g/mol. The monoisotopic (exact) mass is 469 g/mol. The summed E-state index contributed by atoms with van der Waals surface area (Å²) in [5.74, 6) is 0.623. The summed E-state index contributed by atoms with van der Waals surface area (Å²) in [6.07, 6.45) is 0. The number of carbonyl (C=O) groups is 1. The minimum Gasteiger partial charge on any atom is -0.494 e. The summed E-state index contributed by atoms with van der Waals surface area (Å²) >= 11 is 6.10. The zero-order chi connectivity index (χ0) is 22.3. The van der Waals surface area contributed by atoms with Crippen LogP contribution in [0.3, 0.4) is 0 Å². The first kappa shape index (κ1) is 23.3. The van der Waals surface area contributed by atoms with Crippen molar-refractivity contribution in [2.75, 3.05) is 46.1 Å². The number of nitrogens with zero attached hydrogens (tertiary/aromatic N) is 1. The summed E-state index contributed by atoms with van der Waals surface area (Å²) < 4.78 is 48.2. The van der Waals surface area contributed by atoms with E-state index in [4.69, 9.17) is 30.5 Å². The third-order valence-corrected chi connectivity index (χ3v) is 6.71. The van der Waals surface area contributed by atoms with E-state index in [0.29, 0.717) is 25.6 Å². The van der Waals surface area contributed by atoms with Crippen LogP contribution in [-0.2, 0) is 19.5 Å². The zero-order valence-corrected chi connectivity index (χ0v) is 18.7. The number of ether oxygens (including phenoxy) is 4. The number of carbonyl (C=O) groups excluding carboxylic acids is 1. The van der Waals surface area contributed by atoms with E-state index in [0.717, 1.165) is 5.75 Å². The van der Waals surface area contributed by atoms with Gasteiger partial charge >= 0.3 is 5.97 Å². The first-order valence-electron chi connectivity index (χ1n) is 9.82. The van der Waals surface area contributed by atoms with Crippen LogP contribution in [0.25, 0.3) is 0 Å². The predicted molar refractivity (Wildman–Crippen MR) is 114 cm³/mol. The van der Waals surface area contributed by atoms with Crippen molar-refractivity contribution in [1.29, 1.82) is 0 Å². The summed E-state index contributed by atoms with van der Waals surface area (Å²) in [4.78, 5) is 12.4. The second-order valence-corrected chi connectivity index (χ2v) is 8.89. The lowest BCUT2D eigenvalue weighted by Crippen LogP contribution is -2.40. The lowest BCUT2D eigenvalue weighted by atomic mass is 10.2. The average Bonchev–Trinajstić information content (AvgIpc) is 2.78. The van der Waals surface area contributed by atoms with Crippen molar-refractivity contribution in [3.63, 3.8) is 0 Å². The largest absolute Gasteiger partial charge is 0.494 e. The van der Waals surface area contributed by atoms with Gasteiger partial charge in [0.05, 0.1) is 35.3 Å². The minimum absolute atomic E-state index is 0.0166. The molecule has 1 fully saturated rings. The molecule has 0 radical (unpaired) electrons. The molecule has 1 aliphatic rings. The number of benzene rings is 2. The van der Waals surface area contributed by atoms with Crippen molar-refractivity contribution < 1.29 is 32.2 Å². The quantitative estimate of drug-likeness (QED) is 0.411. The highest BCUT2D eigenvalue weighted by Gasteiger charge is 2.27. The fraction of sp³-hybridized carbons (Fsp3) is 0.381. The fourth-order valence-electron chi connectivity index (χ4n) is 2.93. The average molecular weight is 470 g/mol. The highest BCUT2D eigenvalue weighted by atomic mass is 35.5. The Morgan fingerprint density at radius 1 is 1.03 bits per heavy atom. The van der Waals surface area contributed by atoms with Crippen molar-refractivity contribution >= 4 is 27.6 Å². The Labute approximate surface area is 186 Å². The van der Waals surface area contributed by atoms with Crippen LogP contribution in [0.2, 0.25) is 5.02 Å². The first-order valence-corrected chi connectivity index (χ1v) is 11.6. The standard InChI is InChI=1S/C21H24ClNO7S/c1-2-28-16-3-5-17(6-4-16)29-13-14-30-21(24)19-15-18(7-8-20(19)22)31(25,26)23-9-11-27-12-10-23/h3-8,15H,2,9-14H2,1H3. The molecule has 0 unspecified atom stereocenters. The van der Waals surface area contributed by atoms with E-state index in [1.807, 2.05) is 6.92 Å². The summed E-state index contributed by atoms with van der Waals surface area (Å²) in [5.41, 5.74) is -0.0166. The number of morpholine rings is 1. The maximum Gasteiger partial charge on any atom is 0.339 e. The van der Waals surface area contributed by atoms with Gasteiger partial charge in [0.1, 0.15) is 24.7 Å². The van der Waals surface area contributed by atoms with Crippen LogP contribution in [-0.4, -0.2) is 64.8 Å². The number of hydrogen-bond acceptors (Lipinski definition) is 7. The van der Waals surface area contributed by atoms with E-state index in [1.54, 1.807) is 24.3 Å². The molecule has 0 atom stereocenters. The van der Waals surface area contributed by atoms with Crippen molar-refractivity contribution in [3.8, 4) is 11.5 Å². The van der Waals surface area contributed by atoms with Crippen molar-refractivity contribution in [2.45, 2.75) is 11.8 Å². The van der Waals surface area contributed by atoms with E-state index in [9.17, 15) is 13.2 Å². The highest BCUT2D eigenvalue weighted by molar-refractivity contribution is 7.89. The Balaban J connectivity index is 1.58. The molecule has 0 saturated carbocycles. The van der Waals surface area contributed by atoms with Gasteiger partial charge in [-0.3, -0.25) is 0 Å². The molecule has 10 heteroatoms. The molecule has 2 aromatic rings. The molecule has 31 heavy (non-hydrogen) atoms. The van der Waals surface area contributed by atoms with Gasteiger partial charge < -0.3 is 18.9 Å². The van der Waals surface area contributed by atoms with E-state index < -0.39 is 16.0 Å². The fourth-order valence-corrected chi connectivity index (χ4v) is 4.56. The van der Waals surface area contributed by atoms with E-state index in [1.165, 1.54) is 22.5 Å². The molecule has 0 amide bonds. The Bertz CT molecular complexity index is 989. The zero-order valence-electron chi connectivity index (χ0n) is 17.1. The van der Waals surface area contributed by atoms with Gasteiger partial charge in [0.25, 0.3) is 0 Å². The highest BCUT2D eigenvalue weighted by Crippen LogP contribution is 2.24. The van der Waals surface area contributed by atoms with Crippen LogP contribution in [0, 0.1) is 0 Å². The van der Waals surface area contributed by atoms with Crippen molar-refractivity contribution in [2.24, 2.45) is 0 Å². The summed E-state index contributed by atoms with van der Waals surface area (Å²) in [6, 6.07) is 11.1. The molecule has 8 nitrogen and oxygen atoms in total. The molecular formula is C21H24ClNO7S. The molecule has 1 heterocycles. The summed E-state index contributed by atoms with van der Waals surface area (Å²) in [7, 11) is -3.75. The lowest BCUT2D eigenvalue weighted by Gasteiger charge is -2.26. The minimum atomic E-state index is -3.75. The number of esters is 1. The van der Waals surface area contributed by atoms with E-state index in [-0.39, 0.29) is 41.8 Å². The van der Waals surface area contributed by atoms with Crippen LogP contribution in [0.5, 0.6) is 11.5 Å². The molecule has 2 aromatic carbocycles. The van der Waals surface area contributed by atoms with Gasteiger partial charge in [-0.1, -0.05) is 11.6 Å². The van der Waals surface area contributed by atoms with Gasteiger partial charge in [0, 0.05) is 13.1 Å². The third kappa shape index (κ3) is 6.10. The van der Waals surface area contributed by atoms with Gasteiger partial charge in [0.15, 0.2) is 0 Å². The Kier molecular flexibility index (Phi) is 8.14. The molecule has 168 valence electrons. The summed E-state index contributed by atoms with van der Waals surface area (Å²) in [6.45, 7) is 3.76. The van der Waals surface area contributed by atoms with Crippen molar-refractivity contribution in [3.05, 3.63) is 53.1 Å². The van der Waals surface area contributed by atoms with Gasteiger partial charge in [-0.15, -0.1) is 0 Å².